The summed E-state index contributed by atoms with van der Waals surface area (Å²) < 4.78 is 1.24. The first-order valence-electron chi connectivity index (χ1n) is 5.01. The first kappa shape index (κ1) is 8.05. The molecule has 1 saturated carbocycles. The van der Waals surface area contributed by atoms with Crippen LogP contribution in [0, 0.1) is 5.92 Å². The molecule has 13 heavy (non-hydrogen) atoms. The molecule has 0 N–H and O–H groups in total. The van der Waals surface area contributed by atoms with Crippen LogP contribution in [0.4, 0.5) is 0 Å². The van der Waals surface area contributed by atoms with E-state index in [9.17, 15) is 0 Å². The monoisotopic (exact) mass is 236 g/mol. The predicted octanol–water partition coefficient (Wildman–Crippen LogP) is 3.67. The average molecular weight is 237 g/mol. The van der Waals surface area contributed by atoms with Gasteiger partial charge < -0.3 is 0 Å². The zero-order valence-corrected chi connectivity index (χ0v) is 9.39. The lowest BCUT2D eigenvalue weighted by molar-refractivity contribution is 0.622. The van der Waals surface area contributed by atoms with Crippen molar-refractivity contribution >= 4 is 15.9 Å². The molecule has 0 aliphatic heterocycles. The van der Waals surface area contributed by atoms with Gasteiger partial charge in [0.2, 0.25) is 0 Å². The Morgan fingerprint density at radius 2 is 2.23 bits per heavy atom. The summed E-state index contributed by atoms with van der Waals surface area (Å²) in [6.07, 6.45) is 4.10. The molecule has 1 aromatic rings. The van der Waals surface area contributed by atoms with E-state index in [2.05, 4.69) is 41.1 Å². The van der Waals surface area contributed by atoms with Crippen LogP contribution in [0.25, 0.3) is 0 Å². The topological polar surface area (TPSA) is 0 Å². The van der Waals surface area contributed by atoms with Crippen LogP contribution in [0.3, 0.4) is 0 Å². The Labute approximate surface area is 87.5 Å². The van der Waals surface area contributed by atoms with E-state index in [1.807, 2.05) is 0 Å². The van der Waals surface area contributed by atoms with E-state index >= 15 is 0 Å². The summed E-state index contributed by atoms with van der Waals surface area (Å²) in [5, 5.41) is 0. The number of benzene rings is 1. The summed E-state index contributed by atoms with van der Waals surface area (Å²) in [5.74, 6) is 0.919. The van der Waals surface area contributed by atoms with Crippen molar-refractivity contribution in [2.24, 2.45) is 5.92 Å². The third-order valence-electron chi connectivity index (χ3n) is 3.90. The number of hydrogen-bond acceptors (Lipinski definition) is 0. The second-order valence-corrected chi connectivity index (χ2v) is 5.48. The quantitative estimate of drug-likeness (QED) is 0.645. The van der Waals surface area contributed by atoms with Crippen LogP contribution in [-0.4, -0.2) is 0 Å². The normalized spacial score (nSPS) is 35.1. The largest absolute Gasteiger partial charge is 0.0616 e. The molecule has 1 fully saturated rings. The fourth-order valence-corrected chi connectivity index (χ4v) is 3.29. The molecule has 0 heterocycles. The second-order valence-electron chi connectivity index (χ2n) is 4.56. The molecule has 2 aliphatic carbocycles. The molecule has 3 rings (SSSR count). The maximum absolute atomic E-state index is 3.56. The molecule has 0 amide bonds. The summed E-state index contributed by atoms with van der Waals surface area (Å²) >= 11 is 3.56. The Bertz CT molecular complexity index is 369. The lowest BCUT2D eigenvalue weighted by Crippen LogP contribution is -2.02. The fraction of sp³-hybridized carbons (Fsp3) is 0.500. The summed E-state index contributed by atoms with van der Waals surface area (Å²) in [6, 6.07) is 6.80. The summed E-state index contributed by atoms with van der Waals surface area (Å²) in [5.41, 5.74) is 3.82. The Balaban J connectivity index is 2.15. The number of halogens is 1. The highest BCUT2D eigenvalue weighted by Crippen LogP contribution is 2.61. The Kier molecular flexibility index (Phi) is 1.48. The van der Waals surface area contributed by atoms with Crippen molar-refractivity contribution < 1.29 is 0 Å². The van der Waals surface area contributed by atoms with Crippen molar-refractivity contribution in [3.05, 3.63) is 33.8 Å². The molecule has 2 atom stereocenters. The standard InChI is InChI=1S/C12H13Br/c1-8-7-12(8)5-4-9-2-3-10(13)6-11(9)12/h2-3,6,8H,4-5,7H2,1H3. The van der Waals surface area contributed by atoms with Gasteiger partial charge in [0.15, 0.2) is 0 Å². The van der Waals surface area contributed by atoms with Gasteiger partial charge in [0, 0.05) is 4.47 Å². The van der Waals surface area contributed by atoms with E-state index in [1.54, 1.807) is 11.1 Å². The zero-order chi connectivity index (χ0) is 9.05. The number of rotatable bonds is 0. The van der Waals surface area contributed by atoms with E-state index in [-0.39, 0.29) is 0 Å². The molecule has 1 heteroatoms. The van der Waals surface area contributed by atoms with Gasteiger partial charge in [0.05, 0.1) is 0 Å². The van der Waals surface area contributed by atoms with E-state index in [1.165, 1.54) is 23.7 Å². The van der Waals surface area contributed by atoms with E-state index in [4.69, 9.17) is 0 Å². The predicted molar refractivity (Wildman–Crippen MR) is 57.9 cm³/mol. The molecule has 0 bridgehead atoms. The Hall–Kier alpha value is -0.300. The van der Waals surface area contributed by atoms with Gasteiger partial charge in [-0.3, -0.25) is 0 Å². The molecule has 2 unspecified atom stereocenters. The minimum Gasteiger partial charge on any atom is -0.0616 e. The number of aryl methyl sites for hydroxylation is 1. The lowest BCUT2D eigenvalue weighted by Gasteiger charge is -2.09. The highest BCUT2D eigenvalue weighted by atomic mass is 79.9. The summed E-state index contributed by atoms with van der Waals surface area (Å²) in [6.45, 7) is 2.38. The molecule has 2 aliphatic rings. The van der Waals surface area contributed by atoms with Crippen LogP contribution < -0.4 is 0 Å². The number of fused-ring (bicyclic) bond motifs is 2. The third-order valence-corrected chi connectivity index (χ3v) is 4.40. The first-order chi connectivity index (χ1) is 6.22. The van der Waals surface area contributed by atoms with Gasteiger partial charge in [0.1, 0.15) is 0 Å². The van der Waals surface area contributed by atoms with Crippen LogP contribution >= 0.6 is 15.9 Å². The third kappa shape index (κ3) is 0.969. The smallest absolute Gasteiger partial charge is 0.0178 e. The summed E-state index contributed by atoms with van der Waals surface area (Å²) in [7, 11) is 0. The van der Waals surface area contributed by atoms with Crippen molar-refractivity contribution in [1.29, 1.82) is 0 Å². The zero-order valence-electron chi connectivity index (χ0n) is 7.81. The molecule has 0 nitrogen and oxygen atoms in total. The van der Waals surface area contributed by atoms with Gasteiger partial charge in [-0.05, 0) is 53.9 Å². The molecule has 0 aromatic heterocycles. The SMILES string of the molecule is CC1CC12CCc1ccc(Br)cc12. The minimum atomic E-state index is 0.596. The van der Waals surface area contributed by atoms with Gasteiger partial charge in [0.25, 0.3) is 0 Å². The molecule has 0 saturated heterocycles. The molecule has 68 valence electrons. The van der Waals surface area contributed by atoms with Crippen LogP contribution in [0.2, 0.25) is 0 Å². The van der Waals surface area contributed by atoms with Crippen molar-refractivity contribution in [1.82, 2.24) is 0 Å². The highest BCUT2D eigenvalue weighted by Gasteiger charge is 2.55. The first-order valence-corrected chi connectivity index (χ1v) is 5.80. The van der Waals surface area contributed by atoms with E-state index in [0.717, 1.165) is 5.92 Å². The van der Waals surface area contributed by atoms with Gasteiger partial charge in [-0.15, -0.1) is 0 Å². The Morgan fingerprint density at radius 3 is 2.92 bits per heavy atom. The molecule has 0 radical (unpaired) electrons. The highest BCUT2D eigenvalue weighted by molar-refractivity contribution is 9.10. The van der Waals surface area contributed by atoms with Gasteiger partial charge in [-0.25, -0.2) is 0 Å². The van der Waals surface area contributed by atoms with Gasteiger partial charge in [-0.1, -0.05) is 28.9 Å². The van der Waals surface area contributed by atoms with Crippen molar-refractivity contribution in [3.8, 4) is 0 Å². The van der Waals surface area contributed by atoms with Crippen LogP contribution in [0.5, 0.6) is 0 Å². The van der Waals surface area contributed by atoms with Crippen LogP contribution in [0.1, 0.15) is 30.9 Å². The average Bonchev–Trinajstić information content (AvgIpc) is 2.61. The molecular formula is C12H13Br. The van der Waals surface area contributed by atoms with Gasteiger partial charge >= 0.3 is 0 Å². The van der Waals surface area contributed by atoms with E-state index < -0.39 is 0 Å². The van der Waals surface area contributed by atoms with Gasteiger partial charge in [-0.2, -0.15) is 0 Å². The maximum Gasteiger partial charge on any atom is 0.0178 e. The number of hydrogen-bond donors (Lipinski definition) is 0. The second kappa shape index (κ2) is 2.38. The lowest BCUT2D eigenvalue weighted by atomic mass is 9.96. The van der Waals surface area contributed by atoms with Crippen LogP contribution in [-0.2, 0) is 11.8 Å². The minimum absolute atomic E-state index is 0.596. The summed E-state index contributed by atoms with van der Waals surface area (Å²) in [4.78, 5) is 0. The molecule has 1 aromatic carbocycles. The Morgan fingerprint density at radius 1 is 1.46 bits per heavy atom. The van der Waals surface area contributed by atoms with Crippen molar-refractivity contribution in [2.45, 2.75) is 31.6 Å². The molecule has 1 spiro atoms. The maximum atomic E-state index is 3.56. The molecular weight excluding hydrogens is 224 g/mol. The van der Waals surface area contributed by atoms with Crippen LogP contribution in [0.15, 0.2) is 22.7 Å². The van der Waals surface area contributed by atoms with Crippen molar-refractivity contribution in [3.63, 3.8) is 0 Å². The van der Waals surface area contributed by atoms with Crippen molar-refractivity contribution in [2.75, 3.05) is 0 Å². The van der Waals surface area contributed by atoms with E-state index in [0.29, 0.717) is 5.41 Å². The fourth-order valence-electron chi connectivity index (χ4n) is 2.93.